The van der Waals surface area contributed by atoms with Crippen molar-refractivity contribution in [2.45, 2.75) is 12.8 Å². The number of benzene rings is 2. The minimum absolute atomic E-state index is 0.0141. The van der Waals surface area contributed by atoms with Crippen LogP contribution in [0.3, 0.4) is 0 Å². The zero-order valence-electron chi connectivity index (χ0n) is 16.6. The number of nitrogens with one attached hydrogen (secondary N) is 1. The number of primary amides is 1. The molecular weight excluding hydrogens is 409 g/mol. The highest BCUT2D eigenvalue weighted by atomic mass is 19.4. The monoisotopic (exact) mass is 430 g/mol. The molecule has 0 atom stereocenters. The second-order valence-corrected chi connectivity index (χ2v) is 6.39. The number of hydrogen-bond acceptors (Lipinski definition) is 3. The normalized spacial score (nSPS) is 10.5. The molecule has 3 rings (SSSR count). The number of alkyl halides is 3. The zero-order chi connectivity index (χ0) is 22.9. The summed E-state index contributed by atoms with van der Waals surface area (Å²) >= 11 is 0. The molecule has 6 nitrogen and oxygen atoms in total. The molecule has 0 saturated heterocycles. The Morgan fingerprint density at radius 1 is 0.935 bits per heavy atom. The van der Waals surface area contributed by atoms with E-state index >= 15 is 0 Å². The van der Waals surface area contributed by atoms with Crippen molar-refractivity contribution in [2.75, 3.05) is 7.05 Å². The summed E-state index contributed by atoms with van der Waals surface area (Å²) in [5.41, 5.74) is 7.95. The summed E-state index contributed by atoms with van der Waals surface area (Å²) in [5, 5.41) is 0.896. The maximum Gasteiger partial charge on any atom is 0.484 e. The molecule has 9 heteroatoms. The van der Waals surface area contributed by atoms with Crippen LogP contribution in [0, 0.1) is 0 Å². The molecule has 0 saturated carbocycles. The highest BCUT2D eigenvalue weighted by molar-refractivity contribution is 5.94. The average Bonchev–Trinajstić information content (AvgIpc) is 2.74. The quantitative estimate of drug-likeness (QED) is 0.608. The molecule has 0 bridgehead atoms. The number of nitrogens with two attached hydrogens (primary N) is 1. The topological polar surface area (TPSA) is 88.3 Å². The number of aromatic nitrogens is 1. The molecule has 1 heterocycles. The van der Waals surface area contributed by atoms with Crippen molar-refractivity contribution < 1.29 is 22.8 Å². The van der Waals surface area contributed by atoms with E-state index in [1.807, 2.05) is 48.5 Å². The molecule has 0 aliphatic rings. The number of halogens is 3. The van der Waals surface area contributed by atoms with E-state index in [0.717, 1.165) is 22.3 Å². The maximum atomic E-state index is 11.7. The minimum Gasteiger partial charge on any atom is -0.351 e. The van der Waals surface area contributed by atoms with E-state index in [1.54, 1.807) is 13.1 Å². The lowest BCUT2D eigenvalue weighted by Gasteiger charge is -2.13. The molecule has 1 aromatic heterocycles. The predicted octanol–water partition coefficient (Wildman–Crippen LogP) is 4.20. The number of amides is 3. The minimum atomic E-state index is -4.67. The molecule has 0 fully saturated rings. The molecule has 3 amide bonds. The van der Waals surface area contributed by atoms with E-state index in [0.29, 0.717) is 6.54 Å². The van der Waals surface area contributed by atoms with Crippen molar-refractivity contribution in [1.82, 2.24) is 15.2 Å². The average molecular weight is 430 g/mol. The third kappa shape index (κ3) is 8.17. The standard InChI is InChI=1S/C14H15N3O.C8H6F3NO/c1-17(14(15)18)10-12-8-5-9-13(16-12)11-6-3-2-4-7-11;9-8(10,11)12-7(13)6-4-2-1-3-5-6/h2-9H,10H2,1H3,(H2,15,18);1-5H,(H,12,13). The van der Waals surface area contributed by atoms with Gasteiger partial charge >= 0.3 is 12.3 Å². The van der Waals surface area contributed by atoms with Gasteiger partial charge in [-0.1, -0.05) is 54.6 Å². The van der Waals surface area contributed by atoms with Crippen molar-refractivity contribution in [3.8, 4) is 11.3 Å². The van der Waals surface area contributed by atoms with Gasteiger partial charge < -0.3 is 10.6 Å². The van der Waals surface area contributed by atoms with Gasteiger partial charge in [0.05, 0.1) is 17.9 Å². The zero-order valence-corrected chi connectivity index (χ0v) is 16.6. The van der Waals surface area contributed by atoms with Gasteiger partial charge in [0, 0.05) is 18.2 Å². The van der Waals surface area contributed by atoms with E-state index in [2.05, 4.69) is 4.98 Å². The third-order valence-electron chi connectivity index (χ3n) is 3.94. The number of rotatable bonds is 4. The highest BCUT2D eigenvalue weighted by Gasteiger charge is 2.30. The molecule has 162 valence electrons. The van der Waals surface area contributed by atoms with E-state index < -0.39 is 18.2 Å². The van der Waals surface area contributed by atoms with E-state index in [4.69, 9.17) is 5.73 Å². The van der Waals surface area contributed by atoms with E-state index in [9.17, 15) is 22.8 Å². The summed E-state index contributed by atoms with van der Waals surface area (Å²) in [6.07, 6.45) is -4.67. The van der Waals surface area contributed by atoms with Crippen molar-refractivity contribution in [1.29, 1.82) is 0 Å². The van der Waals surface area contributed by atoms with Crippen LogP contribution in [0.4, 0.5) is 18.0 Å². The van der Waals surface area contributed by atoms with Crippen LogP contribution in [0.15, 0.2) is 78.9 Å². The lowest BCUT2D eigenvalue weighted by atomic mass is 10.1. The molecule has 0 spiro atoms. The fourth-order valence-corrected chi connectivity index (χ4v) is 2.45. The Bertz CT molecular complexity index is 996. The molecule has 2 aromatic carbocycles. The lowest BCUT2D eigenvalue weighted by Crippen LogP contribution is -2.37. The summed E-state index contributed by atoms with van der Waals surface area (Å²) in [6, 6.07) is 22.4. The summed E-state index contributed by atoms with van der Waals surface area (Å²) in [6.45, 7) is 0.413. The second-order valence-electron chi connectivity index (χ2n) is 6.39. The number of carbonyl (C=O) groups excluding carboxylic acids is 2. The largest absolute Gasteiger partial charge is 0.484 e. The van der Waals surface area contributed by atoms with Gasteiger partial charge in [-0.25, -0.2) is 4.79 Å². The van der Waals surface area contributed by atoms with Crippen LogP contribution in [-0.4, -0.2) is 35.2 Å². The van der Waals surface area contributed by atoms with Crippen LogP contribution < -0.4 is 11.1 Å². The van der Waals surface area contributed by atoms with Crippen LogP contribution in [0.5, 0.6) is 0 Å². The van der Waals surface area contributed by atoms with Gasteiger partial charge in [0.25, 0.3) is 5.91 Å². The molecular formula is C22H21F3N4O2. The van der Waals surface area contributed by atoms with Crippen molar-refractivity contribution >= 4 is 11.9 Å². The summed E-state index contributed by atoms with van der Waals surface area (Å²) in [7, 11) is 1.65. The number of pyridine rings is 1. The molecule has 0 aliphatic carbocycles. The summed E-state index contributed by atoms with van der Waals surface area (Å²) < 4.78 is 35.0. The van der Waals surface area contributed by atoms with Gasteiger partial charge in [-0.3, -0.25) is 15.1 Å². The Kier molecular flexibility index (Phi) is 8.13. The first kappa shape index (κ1) is 23.4. The van der Waals surface area contributed by atoms with E-state index in [-0.39, 0.29) is 5.56 Å². The summed E-state index contributed by atoms with van der Waals surface area (Å²) in [4.78, 5) is 27.8. The van der Waals surface area contributed by atoms with Crippen molar-refractivity contribution in [2.24, 2.45) is 5.73 Å². The second kappa shape index (κ2) is 10.8. The van der Waals surface area contributed by atoms with Crippen LogP contribution in [0.2, 0.25) is 0 Å². The Labute approximate surface area is 177 Å². The van der Waals surface area contributed by atoms with Crippen LogP contribution in [0.25, 0.3) is 11.3 Å². The molecule has 0 radical (unpaired) electrons. The number of carbonyl (C=O) groups is 2. The SMILES string of the molecule is CN(Cc1cccc(-c2ccccc2)n1)C(N)=O.O=C(NC(F)(F)F)c1ccccc1. The smallest absolute Gasteiger partial charge is 0.351 e. The number of nitrogens with zero attached hydrogens (tertiary/aromatic N) is 2. The Hall–Kier alpha value is -3.88. The van der Waals surface area contributed by atoms with Crippen LogP contribution >= 0.6 is 0 Å². The Morgan fingerprint density at radius 3 is 2.06 bits per heavy atom. The molecule has 3 N–H and O–H groups in total. The van der Waals surface area contributed by atoms with Gasteiger partial charge in [-0.2, -0.15) is 13.2 Å². The van der Waals surface area contributed by atoms with Crippen molar-refractivity contribution in [3.63, 3.8) is 0 Å². The molecule has 0 aliphatic heterocycles. The third-order valence-corrected chi connectivity index (χ3v) is 3.94. The predicted molar refractivity (Wildman–Crippen MR) is 111 cm³/mol. The number of urea groups is 1. The van der Waals surface area contributed by atoms with Gasteiger partial charge in [0.1, 0.15) is 0 Å². The fraction of sp³-hybridized carbons (Fsp3) is 0.136. The molecule has 31 heavy (non-hydrogen) atoms. The molecule has 0 unspecified atom stereocenters. The van der Waals surface area contributed by atoms with Crippen molar-refractivity contribution in [3.05, 3.63) is 90.1 Å². The van der Waals surface area contributed by atoms with Crippen LogP contribution in [0.1, 0.15) is 16.1 Å². The fourth-order valence-electron chi connectivity index (χ4n) is 2.45. The molecule has 3 aromatic rings. The Morgan fingerprint density at radius 2 is 1.52 bits per heavy atom. The van der Waals surface area contributed by atoms with E-state index in [1.165, 1.54) is 29.2 Å². The number of hydrogen-bond donors (Lipinski definition) is 2. The Balaban J connectivity index is 0.000000233. The van der Waals surface area contributed by atoms with Gasteiger partial charge in [0.2, 0.25) is 0 Å². The lowest BCUT2D eigenvalue weighted by molar-refractivity contribution is -0.146. The van der Waals surface area contributed by atoms with Gasteiger partial charge in [0.15, 0.2) is 0 Å². The van der Waals surface area contributed by atoms with Crippen LogP contribution in [-0.2, 0) is 6.54 Å². The highest BCUT2D eigenvalue weighted by Crippen LogP contribution is 2.16. The summed E-state index contributed by atoms with van der Waals surface area (Å²) in [5.74, 6) is -1.15. The maximum absolute atomic E-state index is 11.7. The first-order valence-electron chi connectivity index (χ1n) is 9.12. The first-order chi connectivity index (χ1) is 14.7. The van der Waals surface area contributed by atoms with Gasteiger partial charge in [-0.05, 0) is 24.3 Å². The van der Waals surface area contributed by atoms with Gasteiger partial charge in [-0.15, -0.1) is 0 Å². The first-order valence-corrected chi connectivity index (χ1v) is 9.12.